The lowest BCUT2D eigenvalue weighted by molar-refractivity contribution is -0.122. The molecule has 1 aromatic carbocycles. The average molecular weight is 545 g/mol. The molecular weight excluding hydrogens is 507 g/mol. The summed E-state index contributed by atoms with van der Waals surface area (Å²) >= 11 is 0. The Hall–Kier alpha value is -4.13. The Kier molecular flexibility index (Phi) is 15.3. The zero-order chi connectivity index (χ0) is 29.2. The Balaban J connectivity index is 0.000000530. The van der Waals surface area contributed by atoms with E-state index in [0.29, 0.717) is 17.4 Å². The van der Waals surface area contributed by atoms with Crippen molar-refractivity contribution in [3.8, 4) is 28.3 Å². The number of nitrogens with zero attached hydrogens (tertiary/aromatic N) is 3. The maximum absolute atomic E-state index is 13.7. The number of carbonyl (C=O) groups excluding carboxylic acids is 1. The fourth-order valence-electron chi connectivity index (χ4n) is 3.55. The van der Waals surface area contributed by atoms with Crippen molar-refractivity contribution >= 4 is 24.8 Å². The van der Waals surface area contributed by atoms with Crippen LogP contribution in [0.4, 0.5) is 15.9 Å². The van der Waals surface area contributed by atoms with Gasteiger partial charge in [0.2, 0.25) is 5.88 Å². The number of nitrogens with two attached hydrogens (primary N) is 2. The molecule has 1 aliphatic rings. The van der Waals surface area contributed by atoms with E-state index in [1.54, 1.807) is 25.4 Å². The number of halogens is 1. The largest absolute Gasteiger partial charge is 0.483 e. The number of benzene rings is 1. The van der Waals surface area contributed by atoms with Crippen molar-refractivity contribution in [2.24, 2.45) is 5.73 Å². The number of likely N-dealkylation sites (tertiary alicyclic amines) is 1. The third-order valence-electron chi connectivity index (χ3n) is 5.50. The molecule has 39 heavy (non-hydrogen) atoms. The molecule has 4 rings (SSSR count). The summed E-state index contributed by atoms with van der Waals surface area (Å²) in [5, 5.41) is 18.9. The van der Waals surface area contributed by atoms with Crippen LogP contribution in [-0.4, -0.2) is 84.8 Å². The van der Waals surface area contributed by atoms with Gasteiger partial charge >= 0.3 is 0 Å². The molecule has 0 saturated carbocycles. The smallest absolute Gasteiger partial charge is 0.290 e. The fourth-order valence-corrected chi connectivity index (χ4v) is 3.55. The van der Waals surface area contributed by atoms with Crippen LogP contribution in [0, 0.1) is 12.7 Å². The maximum Gasteiger partial charge on any atom is 0.290 e. The van der Waals surface area contributed by atoms with E-state index in [2.05, 4.69) is 20.2 Å². The summed E-state index contributed by atoms with van der Waals surface area (Å²) < 4.78 is 19.3. The van der Waals surface area contributed by atoms with Crippen molar-refractivity contribution in [2.45, 2.75) is 13.3 Å². The zero-order valence-corrected chi connectivity index (χ0v) is 22.3. The van der Waals surface area contributed by atoms with Crippen molar-refractivity contribution in [3.05, 3.63) is 54.0 Å². The first-order valence-corrected chi connectivity index (χ1v) is 12.1. The number of aliphatic hydroxyl groups is 1. The van der Waals surface area contributed by atoms with Crippen LogP contribution in [0.5, 0.6) is 5.88 Å². The lowest BCUT2D eigenvalue weighted by Gasteiger charge is -2.29. The van der Waals surface area contributed by atoms with Crippen molar-refractivity contribution in [2.75, 3.05) is 57.5 Å². The first kappa shape index (κ1) is 32.9. The van der Waals surface area contributed by atoms with E-state index in [1.807, 2.05) is 31.9 Å². The van der Waals surface area contributed by atoms with Gasteiger partial charge in [-0.15, -0.1) is 0 Å². The molecule has 7 N–H and O–H groups in total. The minimum Gasteiger partial charge on any atom is -0.483 e. The normalized spacial score (nSPS) is 11.7. The summed E-state index contributed by atoms with van der Waals surface area (Å²) in [7, 11) is 1.79. The third kappa shape index (κ3) is 10.6. The van der Waals surface area contributed by atoms with Crippen molar-refractivity contribution in [3.63, 3.8) is 0 Å². The summed E-state index contributed by atoms with van der Waals surface area (Å²) in [5.74, 6) is 0.622. The number of anilines is 2. The van der Waals surface area contributed by atoms with E-state index in [0.717, 1.165) is 35.3 Å². The molecule has 0 radical (unpaired) electrons. The molecule has 0 aliphatic carbocycles. The van der Waals surface area contributed by atoms with Crippen LogP contribution < -0.4 is 21.5 Å². The van der Waals surface area contributed by atoms with Crippen molar-refractivity contribution in [1.29, 1.82) is 0 Å². The van der Waals surface area contributed by atoms with Crippen LogP contribution >= 0.6 is 0 Å². The van der Waals surface area contributed by atoms with Gasteiger partial charge in [0.05, 0.1) is 18.0 Å². The number of ether oxygens (including phenoxy) is 1. The van der Waals surface area contributed by atoms with Crippen LogP contribution in [0.2, 0.25) is 0 Å². The van der Waals surface area contributed by atoms with Gasteiger partial charge in [0.15, 0.2) is 0 Å². The molecule has 2 aromatic heterocycles. The van der Waals surface area contributed by atoms with Crippen LogP contribution in [0.3, 0.4) is 0 Å². The van der Waals surface area contributed by atoms with Gasteiger partial charge in [-0.1, -0.05) is 0 Å². The Morgan fingerprint density at radius 3 is 2.44 bits per heavy atom. The van der Waals surface area contributed by atoms with E-state index in [9.17, 15) is 4.39 Å². The summed E-state index contributed by atoms with van der Waals surface area (Å²) in [6.45, 7) is 8.04. The Bertz CT molecular complexity index is 1160. The molecule has 1 aliphatic heterocycles. The SMILES string of the molecule is C=O.CNc1cc(-c2cc(-c3cc(N)c(F)cc3C)cc(OCCO)n2)ccn1.NCCN1CCC1.O=CO. The second-order valence-electron chi connectivity index (χ2n) is 8.11. The Morgan fingerprint density at radius 1 is 1.21 bits per heavy atom. The summed E-state index contributed by atoms with van der Waals surface area (Å²) in [6.07, 6.45) is 3.06. The second-order valence-corrected chi connectivity index (χ2v) is 8.11. The highest BCUT2D eigenvalue weighted by atomic mass is 19.1. The van der Waals surface area contributed by atoms with Crippen molar-refractivity contribution in [1.82, 2.24) is 14.9 Å². The lowest BCUT2D eigenvalue weighted by Crippen LogP contribution is -2.40. The highest BCUT2D eigenvalue weighted by molar-refractivity contribution is 5.76. The van der Waals surface area contributed by atoms with Crippen LogP contribution in [-0.2, 0) is 9.59 Å². The number of rotatable bonds is 8. The maximum atomic E-state index is 13.7. The van der Waals surface area contributed by atoms with E-state index in [1.165, 1.54) is 25.6 Å². The number of nitrogens with one attached hydrogen (secondary N) is 1. The van der Waals surface area contributed by atoms with Gasteiger partial charge in [-0.2, -0.15) is 0 Å². The average Bonchev–Trinajstić information content (AvgIpc) is 2.93. The van der Waals surface area contributed by atoms with Gasteiger partial charge in [-0.3, -0.25) is 4.79 Å². The van der Waals surface area contributed by atoms with E-state index in [-0.39, 0.29) is 25.4 Å². The number of hydrogen-bond donors (Lipinski definition) is 5. The van der Waals surface area contributed by atoms with Gasteiger partial charge in [0, 0.05) is 38.0 Å². The minimum atomic E-state index is -0.449. The van der Waals surface area contributed by atoms with Crippen molar-refractivity contribution < 1.29 is 28.9 Å². The molecular formula is C27H37FN6O5. The number of carbonyl (C=O) groups is 2. The van der Waals surface area contributed by atoms with Crippen LogP contribution in [0.15, 0.2) is 42.6 Å². The molecule has 3 heterocycles. The van der Waals surface area contributed by atoms with Crippen LogP contribution in [0.1, 0.15) is 12.0 Å². The molecule has 0 amide bonds. The fraction of sp³-hybridized carbons (Fsp3) is 0.333. The number of aliphatic hydroxyl groups excluding tert-OH is 1. The summed E-state index contributed by atoms with van der Waals surface area (Å²) in [5.41, 5.74) is 15.0. The molecule has 0 bridgehead atoms. The molecule has 0 atom stereocenters. The Morgan fingerprint density at radius 2 is 1.90 bits per heavy atom. The first-order chi connectivity index (χ1) is 18.9. The van der Waals surface area contributed by atoms with Gasteiger partial charge < -0.3 is 41.4 Å². The first-order valence-electron chi connectivity index (χ1n) is 12.1. The van der Waals surface area contributed by atoms with Gasteiger partial charge in [0.25, 0.3) is 6.47 Å². The molecule has 11 nitrogen and oxygen atoms in total. The van der Waals surface area contributed by atoms with E-state index < -0.39 is 5.82 Å². The van der Waals surface area contributed by atoms with E-state index in [4.69, 9.17) is 36.0 Å². The molecule has 1 saturated heterocycles. The number of hydrogen-bond acceptors (Lipinski definition) is 10. The standard InChI is InChI=1S/C20H21FN4O2.C5H12N2.CH2O2.CH2O/c1-12-7-16(21)17(22)11-15(12)14-8-18(25-20(10-14)27-6-5-26)13-3-4-24-19(9-13)23-2;6-2-5-7-3-1-4-7;2-1-3;1-2/h3-4,7-11,26H,5-6,22H2,1-2H3,(H,23,24);1-6H2;1H,(H,2,3);1H2. The summed E-state index contributed by atoms with van der Waals surface area (Å²) in [4.78, 5) is 27.4. The topological polar surface area (TPSA) is 177 Å². The number of nitrogen functional groups attached to an aromatic ring is 1. The highest BCUT2D eigenvalue weighted by Crippen LogP contribution is 2.33. The minimum absolute atomic E-state index is 0.0770. The molecule has 0 unspecified atom stereocenters. The molecule has 1 fully saturated rings. The molecule has 212 valence electrons. The predicted molar refractivity (Wildman–Crippen MR) is 150 cm³/mol. The Labute approximate surface area is 227 Å². The van der Waals surface area contributed by atoms with E-state index >= 15 is 0 Å². The van der Waals surface area contributed by atoms with Gasteiger partial charge in [-0.25, -0.2) is 14.4 Å². The predicted octanol–water partition coefficient (Wildman–Crippen LogP) is 2.42. The lowest BCUT2D eigenvalue weighted by atomic mass is 9.98. The molecule has 3 aromatic rings. The zero-order valence-electron chi connectivity index (χ0n) is 22.3. The highest BCUT2D eigenvalue weighted by Gasteiger charge is 2.13. The quantitative estimate of drug-likeness (QED) is 0.208. The number of carboxylic acid groups (broad SMARTS) is 1. The van der Waals surface area contributed by atoms with Crippen LogP contribution in [0.25, 0.3) is 22.4 Å². The number of aryl methyl sites for hydroxylation is 1. The second kappa shape index (κ2) is 18.2. The van der Waals surface area contributed by atoms with Gasteiger partial charge in [0.1, 0.15) is 25.0 Å². The summed E-state index contributed by atoms with van der Waals surface area (Å²) in [6, 6.07) is 10.4. The number of aromatic nitrogens is 2. The monoisotopic (exact) mass is 544 g/mol. The third-order valence-corrected chi connectivity index (χ3v) is 5.50. The number of pyridine rings is 2. The van der Waals surface area contributed by atoms with Gasteiger partial charge in [-0.05, 0) is 73.5 Å². The molecule has 0 spiro atoms. The molecule has 12 heteroatoms.